The molecule has 0 atom stereocenters. The summed E-state index contributed by atoms with van der Waals surface area (Å²) in [4.78, 5) is 12.0. The van der Waals surface area contributed by atoms with Gasteiger partial charge in [-0.2, -0.15) is 22.0 Å². The van der Waals surface area contributed by atoms with Crippen LogP contribution in [0.1, 0.15) is 15.9 Å². The number of hydrogen-bond acceptors (Lipinski definition) is 3. The lowest BCUT2D eigenvalue weighted by Crippen LogP contribution is -2.35. The highest BCUT2D eigenvalue weighted by atomic mass is 35.5. The normalized spacial score (nSPS) is 11.2. The fourth-order valence-corrected chi connectivity index (χ4v) is 2.47. The maximum Gasteiger partial charge on any atom is 0.416 e. The van der Waals surface area contributed by atoms with Gasteiger partial charge in [-0.1, -0.05) is 11.6 Å². The van der Waals surface area contributed by atoms with Crippen LogP contribution in [-0.4, -0.2) is 18.1 Å². The van der Waals surface area contributed by atoms with Crippen LogP contribution in [0.25, 0.3) is 0 Å². The Morgan fingerprint density at radius 2 is 1.62 bits per heavy atom. The van der Waals surface area contributed by atoms with Crippen molar-refractivity contribution in [3.05, 3.63) is 57.6 Å². The molecule has 0 spiro atoms. The van der Waals surface area contributed by atoms with Crippen molar-refractivity contribution in [1.29, 1.82) is 0 Å². The van der Waals surface area contributed by atoms with Gasteiger partial charge in [0.25, 0.3) is 5.91 Å². The van der Waals surface area contributed by atoms with Gasteiger partial charge < -0.3 is 10.1 Å². The van der Waals surface area contributed by atoms with Crippen LogP contribution < -0.4 is 15.4 Å². The van der Waals surface area contributed by atoms with Crippen LogP contribution in [-0.2, 0) is 6.18 Å². The second kappa shape index (κ2) is 8.41. The van der Waals surface area contributed by atoms with Crippen molar-refractivity contribution in [2.75, 3.05) is 12.4 Å². The van der Waals surface area contributed by atoms with E-state index in [1.807, 2.05) is 0 Å². The molecule has 0 aliphatic rings. The Bertz CT molecular complexity index is 969. The number of carbonyl (C=O) groups is 1. The second-order valence-electron chi connectivity index (χ2n) is 5.26. The number of hydrogen-bond donors (Lipinski definition) is 2. The molecule has 0 fully saturated rings. The summed E-state index contributed by atoms with van der Waals surface area (Å²) in [5, 5.41) is 2.84. The first-order valence-corrected chi connectivity index (χ1v) is 8.06. The standard InChI is InChI=1S/C16H8ClF7N2O2S/c1-28-13-11(20)9(18)8(10(19)12(13)21)14(27)26-15(29)25-7-4-5(16(22,23)24)2-3-6(7)17/h2-4H,1H3,(H2,25,26,27,29). The van der Waals surface area contributed by atoms with E-state index in [0.29, 0.717) is 12.1 Å². The zero-order valence-electron chi connectivity index (χ0n) is 14.0. The lowest BCUT2D eigenvalue weighted by Gasteiger charge is -2.14. The highest BCUT2D eigenvalue weighted by Gasteiger charge is 2.32. The molecular formula is C16H8ClF7N2O2S. The molecule has 2 N–H and O–H groups in total. The Kier molecular flexibility index (Phi) is 6.58. The minimum atomic E-state index is -4.71. The number of amides is 1. The zero-order valence-corrected chi connectivity index (χ0v) is 15.6. The fourth-order valence-electron chi connectivity index (χ4n) is 2.11. The van der Waals surface area contributed by atoms with E-state index in [-0.39, 0.29) is 10.7 Å². The first-order chi connectivity index (χ1) is 13.4. The van der Waals surface area contributed by atoms with Crippen LogP contribution >= 0.6 is 23.8 Å². The third-order valence-electron chi connectivity index (χ3n) is 3.42. The third kappa shape index (κ3) is 4.70. The SMILES string of the molecule is COc1c(F)c(F)c(C(=O)NC(=S)Nc2cc(C(F)(F)F)ccc2Cl)c(F)c1F. The van der Waals surface area contributed by atoms with Gasteiger partial charge in [-0.25, -0.2) is 8.78 Å². The summed E-state index contributed by atoms with van der Waals surface area (Å²) in [5.41, 5.74) is -3.14. The molecule has 0 heterocycles. The number of rotatable bonds is 3. The van der Waals surface area contributed by atoms with Crippen molar-refractivity contribution in [2.24, 2.45) is 0 Å². The van der Waals surface area contributed by atoms with Crippen LogP contribution in [0.2, 0.25) is 5.02 Å². The largest absolute Gasteiger partial charge is 0.491 e. The molecule has 2 rings (SSSR count). The van der Waals surface area contributed by atoms with E-state index in [9.17, 15) is 35.5 Å². The number of thiocarbonyl (C=S) groups is 1. The topological polar surface area (TPSA) is 50.4 Å². The summed E-state index contributed by atoms with van der Waals surface area (Å²) in [6.45, 7) is 0. The Morgan fingerprint density at radius 1 is 1.07 bits per heavy atom. The van der Waals surface area contributed by atoms with Crippen LogP contribution in [0, 0.1) is 23.3 Å². The van der Waals surface area contributed by atoms with Crippen molar-refractivity contribution in [3.63, 3.8) is 0 Å². The monoisotopic (exact) mass is 460 g/mol. The van der Waals surface area contributed by atoms with Crippen LogP contribution in [0.15, 0.2) is 18.2 Å². The minimum Gasteiger partial charge on any atom is -0.491 e. The van der Waals surface area contributed by atoms with Crippen molar-refractivity contribution in [3.8, 4) is 5.75 Å². The van der Waals surface area contributed by atoms with E-state index in [1.54, 1.807) is 5.32 Å². The number of methoxy groups -OCH3 is 1. The van der Waals surface area contributed by atoms with Crippen molar-refractivity contribution >= 4 is 40.5 Å². The molecule has 156 valence electrons. The average Bonchev–Trinajstić information content (AvgIpc) is 2.61. The van der Waals surface area contributed by atoms with E-state index in [2.05, 4.69) is 22.3 Å². The van der Waals surface area contributed by atoms with Gasteiger partial charge >= 0.3 is 6.18 Å². The highest BCUT2D eigenvalue weighted by Crippen LogP contribution is 2.34. The van der Waals surface area contributed by atoms with E-state index in [0.717, 1.165) is 13.2 Å². The summed E-state index contributed by atoms with van der Waals surface area (Å²) in [5.74, 6) is -11.1. The molecule has 0 aromatic heterocycles. The first kappa shape index (κ1) is 22.7. The van der Waals surface area contributed by atoms with E-state index >= 15 is 0 Å². The predicted octanol–water partition coefficient (Wildman–Crippen LogP) is 5.05. The number of alkyl halides is 3. The Morgan fingerprint density at radius 3 is 2.10 bits per heavy atom. The molecule has 1 amide bonds. The molecule has 0 aliphatic heterocycles. The summed E-state index contributed by atoms with van der Waals surface area (Å²) in [6.07, 6.45) is -4.71. The van der Waals surface area contributed by atoms with Gasteiger partial charge in [-0.15, -0.1) is 0 Å². The lowest BCUT2D eigenvalue weighted by atomic mass is 10.1. The smallest absolute Gasteiger partial charge is 0.416 e. The first-order valence-electron chi connectivity index (χ1n) is 7.27. The number of carbonyl (C=O) groups excluding carboxylic acids is 1. The van der Waals surface area contributed by atoms with E-state index in [1.165, 1.54) is 0 Å². The summed E-state index contributed by atoms with van der Waals surface area (Å²) >= 11 is 10.4. The zero-order chi connectivity index (χ0) is 22.1. The van der Waals surface area contributed by atoms with Gasteiger partial charge in [0.15, 0.2) is 22.5 Å². The van der Waals surface area contributed by atoms with Gasteiger partial charge in [0.05, 0.1) is 23.4 Å². The fraction of sp³-hybridized carbons (Fsp3) is 0.125. The third-order valence-corrected chi connectivity index (χ3v) is 3.96. The molecule has 0 bridgehead atoms. The molecular weight excluding hydrogens is 453 g/mol. The molecule has 13 heteroatoms. The van der Waals surface area contributed by atoms with Crippen LogP contribution in [0.5, 0.6) is 5.75 Å². The number of benzene rings is 2. The van der Waals surface area contributed by atoms with Crippen molar-refractivity contribution in [2.45, 2.75) is 6.18 Å². The second-order valence-corrected chi connectivity index (χ2v) is 6.08. The Labute approximate surface area is 168 Å². The van der Waals surface area contributed by atoms with Gasteiger partial charge in [0, 0.05) is 0 Å². The van der Waals surface area contributed by atoms with Crippen LogP contribution in [0.4, 0.5) is 36.4 Å². The van der Waals surface area contributed by atoms with Gasteiger partial charge in [0.1, 0.15) is 5.56 Å². The van der Waals surface area contributed by atoms with E-state index < -0.39 is 57.3 Å². The molecule has 4 nitrogen and oxygen atoms in total. The van der Waals surface area contributed by atoms with Crippen molar-refractivity contribution < 1.29 is 40.3 Å². The summed E-state index contributed by atoms with van der Waals surface area (Å²) < 4.78 is 97.7. The Hall–Kier alpha value is -2.60. The van der Waals surface area contributed by atoms with E-state index in [4.69, 9.17) is 11.6 Å². The number of ether oxygens (including phenoxy) is 1. The van der Waals surface area contributed by atoms with Gasteiger partial charge in [-0.05, 0) is 30.4 Å². The maximum absolute atomic E-state index is 13.9. The molecule has 0 radical (unpaired) electrons. The van der Waals surface area contributed by atoms with Gasteiger partial charge in [0.2, 0.25) is 11.6 Å². The predicted molar refractivity (Wildman–Crippen MR) is 93.0 cm³/mol. The molecule has 0 saturated heterocycles. The molecule has 0 unspecified atom stereocenters. The molecule has 2 aromatic rings. The molecule has 29 heavy (non-hydrogen) atoms. The van der Waals surface area contributed by atoms with Crippen molar-refractivity contribution in [1.82, 2.24) is 5.32 Å². The maximum atomic E-state index is 13.9. The quantitative estimate of drug-likeness (QED) is 0.382. The number of anilines is 1. The van der Waals surface area contributed by atoms with Gasteiger partial charge in [-0.3, -0.25) is 10.1 Å². The highest BCUT2D eigenvalue weighted by molar-refractivity contribution is 7.80. The molecule has 0 saturated carbocycles. The lowest BCUT2D eigenvalue weighted by molar-refractivity contribution is -0.137. The average molecular weight is 461 g/mol. The molecule has 2 aromatic carbocycles. The van der Waals surface area contributed by atoms with Crippen LogP contribution in [0.3, 0.4) is 0 Å². The minimum absolute atomic E-state index is 0.228. The summed E-state index contributed by atoms with van der Waals surface area (Å²) in [7, 11) is 0.748. The number of nitrogens with one attached hydrogen (secondary N) is 2. The summed E-state index contributed by atoms with van der Waals surface area (Å²) in [6, 6.07) is 2.14. The number of halogens is 8. The molecule has 0 aliphatic carbocycles. The Balaban J connectivity index is 2.29.